The van der Waals surface area contributed by atoms with Crippen LogP contribution in [0, 0.1) is 11.6 Å². The molecule has 4 heteroatoms. The molecule has 18 heavy (non-hydrogen) atoms. The number of rotatable bonds is 6. The van der Waals surface area contributed by atoms with Crippen LogP contribution < -0.4 is 0 Å². The van der Waals surface area contributed by atoms with Crippen LogP contribution in [0.5, 0.6) is 0 Å². The van der Waals surface area contributed by atoms with Gasteiger partial charge in [-0.2, -0.15) is 0 Å². The van der Waals surface area contributed by atoms with E-state index in [1.165, 1.54) is 19.2 Å². The van der Waals surface area contributed by atoms with Gasteiger partial charge in [-0.25, -0.2) is 8.78 Å². The molecule has 0 unspecified atom stereocenters. The second-order valence-corrected chi connectivity index (χ2v) is 4.22. The van der Waals surface area contributed by atoms with E-state index in [1.807, 2.05) is 13.8 Å². The highest BCUT2D eigenvalue weighted by Crippen LogP contribution is 2.24. The molecule has 0 bridgehead atoms. The van der Waals surface area contributed by atoms with Crippen LogP contribution in [0.1, 0.15) is 32.3 Å². The molecule has 2 nitrogen and oxygen atoms in total. The second-order valence-electron chi connectivity index (χ2n) is 4.22. The van der Waals surface area contributed by atoms with Gasteiger partial charge in [0.1, 0.15) is 5.60 Å². The Morgan fingerprint density at radius 1 is 1.28 bits per heavy atom. The van der Waals surface area contributed by atoms with Gasteiger partial charge in [0.15, 0.2) is 17.4 Å². The van der Waals surface area contributed by atoms with Gasteiger partial charge in [-0.15, -0.1) is 0 Å². The Balaban J connectivity index is 2.97. The van der Waals surface area contributed by atoms with Gasteiger partial charge in [0, 0.05) is 13.5 Å². The standard InChI is InChI=1S/C14H18F2O2/c1-4-14(5-2,18-3)12(17)9-10-7-6-8-11(15)13(10)16/h6-8H,4-5,9H2,1-3H3. The van der Waals surface area contributed by atoms with Crippen LogP contribution in [0.15, 0.2) is 18.2 Å². The lowest BCUT2D eigenvalue weighted by Gasteiger charge is -2.28. The molecular formula is C14H18F2O2. The lowest BCUT2D eigenvalue weighted by Crippen LogP contribution is -2.40. The maximum atomic E-state index is 13.5. The Hall–Kier alpha value is -1.29. The molecule has 0 amide bonds. The van der Waals surface area contributed by atoms with Crippen molar-refractivity contribution in [2.45, 2.75) is 38.7 Å². The van der Waals surface area contributed by atoms with E-state index in [4.69, 9.17) is 4.74 Å². The maximum absolute atomic E-state index is 13.5. The number of benzene rings is 1. The molecule has 0 aliphatic heterocycles. The molecule has 0 saturated carbocycles. The topological polar surface area (TPSA) is 26.3 Å². The fraction of sp³-hybridized carbons (Fsp3) is 0.500. The van der Waals surface area contributed by atoms with E-state index in [2.05, 4.69) is 0 Å². The van der Waals surface area contributed by atoms with Gasteiger partial charge < -0.3 is 4.74 Å². The monoisotopic (exact) mass is 256 g/mol. The second kappa shape index (κ2) is 6.05. The van der Waals surface area contributed by atoms with Crippen LogP contribution in [0.25, 0.3) is 0 Å². The Morgan fingerprint density at radius 2 is 1.89 bits per heavy atom. The van der Waals surface area contributed by atoms with Crippen LogP contribution in [-0.4, -0.2) is 18.5 Å². The highest BCUT2D eigenvalue weighted by molar-refractivity contribution is 5.89. The van der Waals surface area contributed by atoms with Gasteiger partial charge in [0.05, 0.1) is 0 Å². The van der Waals surface area contributed by atoms with E-state index in [0.717, 1.165) is 6.07 Å². The maximum Gasteiger partial charge on any atom is 0.169 e. The van der Waals surface area contributed by atoms with Crippen molar-refractivity contribution >= 4 is 5.78 Å². The number of carbonyl (C=O) groups is 1. The third-order valence-electron chi connectivity index (χ3n) is 3.42. The minimum atomic E-state index is -0.956. The highest BCUT2D eigenvalue weighted by Gasteiger charge is 2.34. The van der Waals surface area contributed by atoms with Crippen LogP contribution in [0.3, 0.4) is 0 Å². The van der Waals surface area contributed by atoms with Gasteiger partial charge in [0.2, 0.25) is 0 Å². The molecule has 0 atom stereocenters. The number of ketones is 1. The van der Waals surface area contributed by atoms with Crippen molar-refractivity contribution in [3.8, 4) is 0 Å². The molecule has 100 valence electrons. The lowest BCUT2D eigenvalue weighted by atomic mass is 9.88. The molecule has 0 saturated heterocycles. The molecule has 0 aliphatic rings. The number of methoxy groups -OCH3 is 1. The summed E-state index contributed by atoms with van der Waals surface area (Å²) in [5.74, 6) is -2.11. The van der Waals surface area contributed by atoms with E-state index in [-0.39, 0.29) is 17.8 Å². The number of ether oxygens (including phenoxy) is 1. The molecule has 1 aromatic carbocycles. The summed E-state index contributed by atoms with van der Waals surface area (Å²) in [6.07, 6.45) is 0.866. The van der Waals surface area contributed by atoms with Gasteiger partial charge >= 0.3 is 0 Å². The molecule has 0 radical (unpaired) electrons. The fourth-order valence-electron chi connectivity index (χ4n) is 2.07. The van der Waals surface area contributed by atoms with Crippen molar-refractivity contribution in [2.24, 2.45) is 0 Å². The SMILES string of the molecule is CCC(CC)(OC)C(=O)Cc1cccc(F)c1F. The summed E-state index contributed by atoms with van der Waals surface area (Å²) in [4.78, 5) is 12.2. The molecule has 1 rings (SSSR count). The molecule has 0 spiro atoms. The molecule has 0 fully saturated rings. The van der Waals surface area contributed by atoms with Crippen molar-refractivity contribution < 1.29 is 18.3 Å². The Morgan fingerprint density at radius 3 is 2.39 bits per heavy atom. The summed E-state index contributed by atoms with van der Waals surface area (Å²) >= 11 is 0. The zero-order chi connectivity index (χ0) is 13.8. The first-order valence-electron chi connectivity index (χ1n) is 6.02. The van der Waals surface area contributed by atoms with E-state index >= 15 is 0 Å². The smallest absolute Gasteiger partial charge is 0.169 e. The fourth-order valence-corrected chi connectivity index (χ4v) is 2.07. The molecule has 0 N–H and O–H groups in total. The van der Waals surface area contributed by atoms with Gasteiger partial charge in [-0.05, 0) is 24.5 Å². The van der Waals surface area contributed by atoms with Crippen LogP contribution in [-0.2, 0) is 16.0 Å². The van der Waals surface area contributed by atoms with Crippen molar-refractivity contribution in [3.63, 3.8) is 0 Å². The van der Waals surface area contributed by atoms with Crippen molar-refractivity contribution in [1.29, 1.82) is 0 Å². The average Bonchev–Trinajstić information content (AvgIpc) is 2.38. The van der Waals surface area contributed by atoms with Crippen LogP contribution in [0.4, 0.5) is 8.78 Å². The molecule has 1 aromatic rings. The molecular weight excluding hydrogens is 238 g/mol. The number of carbonyl (C=O) groups excluding carboxylic acids is 1. The minimum Gasteiger partial charge on any atom is -0.370 e. The predicted octanol–water partition coefficient (Wildman–Crippen LogP) is 3.28. The zero-order valence-corrected chi connectivity index (χ0v) is 10.9. The summed E-state index contributed by atoms with van der Waals surface area (Å²) in [5, 5.41) is 0. The number of halogens is 2. The minimum absolute atomic E-state index is 0.0725. The van der Waals surface area contributed by atoms with Crippen molar-refractivity contribution in [3.05, 3.63) is 35.4 Å². The van der Waals surface area contributed by atoms with Crippen molar-refractivity contribution in [2.75, 3.05) is 7.11 Å². The van der Waals surface area contributed by atoms with E-state index < -0.39 is 17.2 Å². The first-order valence-corrected chi connectivity index (χ1v) is 6.02. The third-order valence-corrected chi connectivity index (χ3v) is 3.42. The quantitative estimate of drug-likeness (QED) is 0.780. The number of hydrogen-bond donors (Lipinski definition) is 0. The normalized spacial score (nSPS) is 11.6. The summed E-state index contributed by atoms with van der Waals surface area (Å²) < 4.78 is 31.8. The third kappa shape index (κ3) is 2.75. The van der Waals surface area contributed by atoms with Gasteiger partial charge in [-0.3, -0.25) is 4.79 Å². The summed E-state index contributed by atoms with van der Waals surface area (Å²) in [5.41, 5.74) is -0.831. The van der Waals surface area contributed by atoms with Gasteiger partial charge in [0.25, 0.3) is 0 Å². The summed E-state index contributed by atoms with van der Waals surface area (Å²) in [7, 11) is 1.47. The molecule has 0 heterocycles. The van der Waals surface area contributed by atoms with Crippen molar-refractivity contribution in [1.82, 2.24) is 0 Å². The zero-order valence-electron chi connectivity index (χ0n) is 10.9. The van der Waals surface area contributed by atoms with Crippen LogP contribution in [0.2, 0.25) is 0 Å². The summed E-state index contributed by atoms with van der Waals surface area (Å²) in [6, 6.07) is 3.85. The number of hydrogen-bond acceptors (Lipinski definition) is 2. The van der Waals surface area contributed by atoms with E-state index in [1.54, 1.807) is 0 Å². The van der Waals surface area contributed by atoms with Gasteiger partial charge in [-0.1, -0.05) is 26.0 Å². The predicted molar refractivity (Wildman–Crippen MR) is 65.4 cm³/mol. The van der Waals surface area contributed by atoms with E-state index in [0.29, 0.717) is 12.8 Å². The first kappa shape index (κ1) is 14.8. The molecule has 0 aliphatic carbocycles. The Labute approximate surface area is 106 Å². The lowest BCUT2D eigenvalue weighted by molar-refractivity contribution is -0.141. The Bertz CT molecular complexity index is 418. The highest BCUT2D eigenvalue weighted by atomic mass is 19.2. The largest absolute Gasteiger partial charge is 0.370 e. The van der Waals surface area contributed by atoms with Crippen LogP contribution >= 0.6 is 0 Å². The summed E-state index contributed by atoms with van der Waals surface area (Å²) in [6.45, 7) is 3.68. The number of Topliss-reactive ketones (excluding diaryl/α,β-unsaturated/α-hetero) is 1. The van der Waals surface area contributed by atoms with E-state index in [9.17, 15) is 13.6 Å². The Kier molecular flexibility index (Phi) is 4.96. The first-order chi connectivity index (χ1) is 8.50. The average molecular weight is 256 g/mol. The molecule has 0 aromatic heterocycles.